The summed E-state index contributed by atoms with van der Waals surface area (Å²) in [4.78, 5) is 28.3. The van der Waals surface area contributed by atoms with Gasteiger partial charge in [-0.1, -0.05) is 11.6 Å². The fourth-order valence-corrected chi connectivity index (χ4v) is 3.67. The van der Waals surface area contributed by atoms with Crippen LogP contribution in [0, 0.1) is 6.92 Å². The van der Waals surface area contributed by atoms with Crippen LogP contribution < -0.4 is 10.5 Å². The van der Waals surface area contributed by atoms with Gasteiger partial charge in [-0.05, 0) is 32.0 Å². The van der Waals surface area contributed by atoms with Crippen molar-refractivity contribution in [3.8, 4) is 0 Å². The Morgan fingerprint density at radius 2 is 2.03 bits per heavy atom. The topological polar surface area (TPSA) is 146 Å². The van der Waals surface area contributed by atoms with E-state index in [0.29, 0.717) is 11.3 Å². The van der Waals surface area contributed by atoms with Gasteiger partial charge in [0.25, 0.3) is 5.91 Å². The number of nitrogens with two attached hydrogens (primary N) is 1. The summed E-state index contributed by atoms with van der Waals surface area (Å²) in [6.45, 7) is 3.58. The summed E-state index contributed by atoms with van der Waals surface area (Å²) in [7, 11) is -4.09. The molecule has 3 rings (SSSR count). The van der Waals surface area contributed by atoms with Crippen molar-refractivity contribution in [3.05, 3.63) is 52.4 Å². The van der Waals surface area contributed by atoms with Gasteiger partial charge in [-0.2, -0.15) is 5.10 Å². The molecule has 3 N–H and O–H groups in total. The average Bonchev–Trinajstić information content (AvgIpc) is 3.05. The molecule has 0 atom stereocenters. The molecule has 0 fully saturated rings. The van der Waals surface area contributed by atoms with Crippen molar-refractivity contribution in [1.29, 1.82) is 0 Å². The van der Waals surface area contributed by atoms with Crippen LogP contribution in [0.2, 0.25) is 5.02 Å². The van der Waals surface area contributed by atoms with E-state index >= 15 is 0 Å². The first-order valence-corrected chi connectivity index (χ1v) is 10.2. The Hall–Kier alpha value is -3.02. The van der Waals surface area contributed by atoms with Crippen molar-refractivity contribution in [3.63, 3.8) is 0 Å². The molecule has 0 aliphatic heterocycles. The summed E-state index contributed by atoms with van der Waals surface area (Å²) < 4.78 is 29.5. The number of hydrogen-bond acceptors (Lipinski definition) is 7. The van der Waals surface area contributed by atoms with Crippen molar-refractivity contribution in [1.82, 2.24) is 14.6 Å². The zero-order chi connectivity index (χ0) is 21.3. The molecular formula is C17H16ClN5O5S. The van der Waals surface area contributed by atoms with Gasteiger partial charge in [-0.15, -0.1) is 0 Å². The smallest absolute Gasteiger partial charge is 0.341 e. The Labute approximate surface area is 170 Å². The van der Waals surface area contributed by atoms with Crippen LogP contribution in [0.4, 0.5) is 5.69 Å². The fraction of sp³-hybridized carbons (Fsp3) is 0.176. The maximum absolute atomic E-state index is 12.6. The molecule has 12 heteroatoms. The largest absolute Gasteiger partial charge is 0.462 e. The number of halogens is 1. The van der Waals surface area contributed by atoms with Crippen LogP contribution >= 0.6 is 11.6 Å². The van der Waals surface area contributed by atoms with Crippen molar-refractivity contribution in [2.45, 2.75) is 18.7 Å². The Kier molecular flexibility index (Phi) is 5.55. The van der Waals surface area contributed by atoms with Crippen molar-refractivity contribution >= 4 is 44.8 Å². The minimum Gasteiger partial charge on any atom is -0.462 e. The predicted octanol–water partition coefficient (Wildman–Crippen LogP) is 1.77. The van der Waals surface area contributed by atoms with Crippen LogP contribution in [-0.4, -0.2) is 41.5 Å². The number of primary sulfonamides is 1. The monoisotopic (exact) mass is 437 g/mol. The maximum Gasteiger partial charge on any atom is 0.341 e. The zero-order valence-corrected chi connectivity index (χ0v) is 16.9. The first kappa shape index (κ1) is 20.7. The number of aryl methyl sites for hydroxylation is 1. The lowest BCUT2D eigenvalue weighted by Crippen LogP contribution is -2.16. The number of benzene rings is 1. The van der Waals surface area contributed by atoms with Gasteiger partial charge in [0, 0.05) is 11.8 Å². The van der Waals surface area contributed by atoms with Crippen LogP contribution in [0.25, 0.3) is 5.65 Å². The third-order valence-electron chi connectivity index (χ3n) is 4.01. The average molecular weight is 438 g/mol. The van der Waals surface area contributed by atoms with E-state index in [4.69, 9.17) is 21.5 Å². The number of fused-ring (bicyclic) bond motifs is 1. The SMILES string of the molecule is CCOC(=O)c1cnc2c(NC(=O)c3ccc(Cl)c(S(N)(=O)=O)c3)cnn2c1C. The van der Waals surface area contributed by atoms with Gasteiger partial charge in [-0.3, -0.25) is 4.79 Å². The molecule has 1 amide bonds. The quantitative estimate of drug-likeness (QED) is 0.578. The summed E-state index contributed by atoms with van der Waals surface area (Å²) >= 11 is 5.83. The lowest BCUT2D eigenvalue weighted by Gasteiger charge is -2.08. The third kappa shape index (κ3) is 4.06. The number of sulfonamides is 1. The van der Waals surface area contributed by atoms with Crippen LogP contribution in [0.5, 0.6) is 0 Å². The number of esters is 1. The molecule has 0 unspecified atom stereocenters. The number of aromatic nitrogens is 3. The molecule has 0 spiro atoms. The highest BCUT2D eigenvalue weighted by atomic mass is 35.5. The van der Waals surface area contributed by atoms with Gasteiger partial charge >= 0.3 is 5.97 Å². The molecule has 2 heterocycles. The Balaban J connectivity index is 1.94. The second-order valence-corrected chi connectivity index (χ2v) is 7.85. The molecule has 0 aliphatic carbocycles. The van der Waals surface area contributed by atoms with E-state index < -0.39 is 21.9 Å². The molecule has 0 saturated heterocycles. The van der Waals surface area contributed by atoms with Gasteiger partial charge in [-0.25, -0.2) is 27.9 Å². The fourth-order valence-electron chi connectivity index (χ4n) is 2.60. The molecule has 10 nitrogen and oxygen atoms in total. The van der Waals surface area contributed by atoms with Crippen LogP contribution in [0.15, 0.2) is 35.5 Å². The number of ether oxygens (including phenoxy) is 1. The zero-order valence-electron chi connectivity index (χ0n) is 15.3. The first-order valence-electron chi connectivity index (χ1n) is 8.27. The van der Waals surface area contributed by atoms with Crippen molar-refractivity contribution < 1.29 is 22.7 Å². The summed E-state index contributed by atoms with van der Waals surface area (Å²) in [5.74, 6) is -1.15. The third-order valence-corrected chi connectivity index (χ3v) is 5.40. The van der Waals surface area contributed by atoms with Gasteiger partial charge in [0.15, 0.2) is 5.65 Å². The molecular weight excluding hydrogens is 422 g/mol. The van der Waals surface area contributed by atoms with E-state index in [9.17, 15) is 18.0 Å². The molecule has 3 aromatic rings. The maximum atomic E-state index is 12.6. The van der Waals surface area contributed by atoms with Crippen molar-refractivity contribution in [2.24, 2.45) is 5.14 Å². The van der Waals surface area contributed by atoms with E-state index in [2.05, 4.69) is 15.4 Å². The molecule has 0 radical (unpaired) electrons. The van der Waals surface area contributed by atoms with Crippen LogP contribution in [0.1, 0.15) is 33.3 Å². The summed E-state index contributed by atoms with van der Waals surface area (Å²) in [6.07, 6.45) is 2.69. The predicted molar refractivity (Wildman–Crippen MR) is 104 cm³/mol. The number of carbonyl (C=O) groups excluding carboxylic acids is 2. The number of anilines is 1. The van der Waals surface area contributed by atoms with Gasteiger partial charge in [0.2, 0.25) is 10.0 Å². The highest BCUT2D eigenvalue weighted by Gasteiger charge is 2.19. The summed E-state index contributed by atoms with van der Waals surface area (Å²) in [5, 5.41) is 11.7. The first-order chi connectivity index (χ1) is 13.6. The summed E-state index contributed by atoms with van der Waals surface area (Å²) in [6, 6.07) is 3.70. The molecule has 0 aliphatic rings. The van der Waals surface area contributed by atoms with Crippen LogP contribution in [0.3, 0.4) is 0 Å². The van der Waals surface area contributed by atoms with Gasteiger partial charge in [0.05, 0.1) is 29.1 Å². The molecule has 0 saturated carbocycles. The van der Waals surface area contributed by atoms with Gasteiger partial charge < -0.3 is 10.1 Å². The standard InChI is InChI=1S/C17H16ClN5O5S/c1-3-28-17(25)11-7-20-15-13(8-21-23(15)9(11)2)22-16(24)10-4-5-12(18)14(6-10)29(19,26)27/h4-8H,3H2,1-2H3,(H,22,24)(H2,19,26,27). The van der Waals surface area contributed by atoms with E-state index in [0.717, 1.165) is 6.07 Å². The van der Waals surface area contributed by atoms with E-state index in [1.165, 1.54) is 29.0 Å². The van der Waals surface area contributed by atoms with Gasteiger partial charge in [0.1, 0.15) is 10.6 Å². The lowest BCUT2D eigenvalue weighted by molar-refractivity contribution is 0.0524. The number of amides is 1. The van der Waals surface area contributed by atoms with E-state index in [1.54, 1.807) is 13.8 Å². The Morgan fingerprint density at radius 3 is 2.69 bits per heavy atom. The van der Waals surface area contributed by atoms with E-state index in [1.807, 2.05) is 0 Å². The number of rotatable bonds is 5. The highest BCUT2D eigenvalue weighted by Crippen LogP contribution is 2.23. The minimum absolute atomic E-state index is 0.0256. The second-order valence-electron chi connectivity index (χ2n) is 5.92. The lowest BCUT2D eigenvalue weighted by atomic mass is 10.2. The van der Waals surface area contributed by atoms with Crippen LogP contribution in [-0.2, 0) is 14.8 Å². The number of hydrogen-bond donors (Lipinski definition) is 2. The Bertz CT molecular complexity index is 1240. The molecule has 1 aromatic carbocycles. The minimum atomic E-state index is -4.09. The Morgan fingerprint density at radius 1 is 1.31 bits per heavy atom. The molecule has 0 bridgehead atoms. The highest BCUT2D eigenvalue weighted by molar-refractivity contribution is 7.89. The number of nitrogens with zero attached hydrogens (tertiary/aromatic N) is 3. The normalized spacial score (nSPS) is 11.4. The summed E-state index contributed by atoms with van der Waals surface area (Å²) in [5.41, 5.74) is 1.32. The van der Waals surface area contributed by atoms with Crippen molar-refractivity contribution in [2.75, 3.05) is 11.9 Å². The molecule has 2 aromatic heterocycles. The molecule has 152 valence electrons. The number of nitrogens with one attached hydrogen (secondary N) is 1. The molecule has 29 heavy (non-hydrogen) atoms. The number of carbonyl (C=O) groups is 2. The second kappa shape index (κ2) is 7.78. The van der Waals surface area contributed by atoms with E-state index in [-0.39, 0.29) is 33.3 Å².